The highest BCUT2D eigenvalue weighted by Gasteiger charge is 2.39. The molecule has 0 saturated heterocycles. The molecule has 3 N–H and O–H groups in total. The van der Waals surface area contributed by atoms with Crippen LogP contribution in [0.1, 0.15) is 25.7 Å². The van der Waals surface area contributed by atoms with E-state index in [-0.39, 0.29) is 19.2 Å². The molecule has 2 rings (SSSR count). The minimum atomic E-state index is -0.999. The number of ether oxygens (including phenoxy) is 1. The standard InChI is InChI=1S/C12H20N2O4/c15-11(16)7-18-4-3-13-12(17)14-10-6-8-1-2-9(10)5-8/h8-10H,1-7H2,(H,15,16)(H2,13,14,17). The molecule has 0 aromatic heterocycles. The van der Waals surface area contributed by atoms with Gasteiger partial charge in [-0.05, 0) is 31.1 Å². The molecular weight excluding hydrogens is 236 g/mol. The van der Waals surface area contributed by atoms with E-state index >= 15 is 0 Å². The number of hydrogen-bond acceptors (Lipinski definition) is 3. The van der Waals surface area contributed by atoms with Gasteiger partial charge in [0.15, 0.2) is 0 Å². The molecule has 2 bridgehead atoms. The van der Waals surface area contributed by atoms with Crippen LogP contribution in [0.2, 0.25) is 0 Å². The van der Waals surface area contributed by atoms with Crippen LogP contribution in [0, 0.1) is 11.8 Å². The van der Waals surface area contributed by atoms with Gasteiger partial charge in [0.1, 0.15) is 6.61 Å². The smallest absolute Gasteiger partial charge is 0.329 e. The molecule has 2 saturated carbocycles. The summed E-state index contributed by atoms with van der Waals surface area (Å²) in [4.78, 5) is 21.8. The first-order valence-electron chi connectivity index (χ1n) is 6.49. The number of carbonyl (C=O) groups is 2. The number of carboxylic acids is 1. The second-order valence-corrected chi connectivity index (χ2v) is 5.13. The normalized spacial score (nSPS) is 29.2. The lowest BCUT2D eigenvalue weighted by molar-refractivity contribution is -0.142. The first-order chi connectivity index (χ1) is 8.65. The lowest BCUT2D eigenvalue weighted by Gasteiger charge is -2.22. The number of hydrogen-bond donors (Lipinski definition) is 3. The van der Waals surface area contributed by atoms with E-state index in [4.69, 9.17) is 9.84 Å². The number of nitrogens with one attached hydrogen (secondary N) is 2. The van der Waals surface area contributed by atoms with Gasteiger partial charge in [0, 0.05) is 12.6 Å². The second kappa shape index (κ2) is 6.04. The maximum absolute atomic E-state index is 11.6. The van der Waals surface area contributed by atoms with Gasteiger partial charge in [-0.25, -0.2) is 9.59 Å². The molecule has 6 nitrogen and oxygen atoms in total. The van der Waals surface area contributed by atoms with E-state index in [9.17, 15) is 9.59 Å². The zero-order valence-corrected chi connectivity index (χ0v) is 10.4. The monoisotopic (exact) mass is 256 g/mol. The molecule has 3 unspecified atom stereocenters. The Morgan fingerprint density at radius 2 is 2.11 bits per heavy atom. The van der Waals surface area contributed by atoms with Gasteiger partial charge in [-0.3, -0.25) is 0 Å². The lowest BCUT2D eigenvalue weighted by atomic mass is 9.95. The predicted octanol–water partition coefficient (Wildman–Crippen LogP) is 0.575. The quantitative estimate of drug-likeness (QED) is 0.606. The Morgan fingerprint density at radius 1 is 1.28 bits per heavy atom. The Hall–Kier alpha value is -1.30. The van der Waals surface area contributed by atoms with Crippen molar-refractivity contribution in [1.82, 2.24) is 10.6 Å². The van der Waals surface area contributed by atoms with Crippen LogP contribution in [0.5, 0.6) is 0 Å². The number of carbonyl (C=O) groups excluding carboxylic acids is 1. The van der Waals surface area contributed by atoms with Crippen LogP contribution in [0.4, 0.5) is 4.79 Å². The number of amides is 2. The predicted molar refractivity (Wildman–Crippen MR) is 64.2 cm³/mol. The second-order valence-electron chi connectivity index (χ2n) is 5.13. The summed E-state index contributed by atoms with van der Waals surface area (Å²) in [6.07, 6.45) is 4.91. The number of carboxylic acid groups (broad SMARTS) is 1. The maximum Gasteiger partial charge on any atom is 0.329 e. The van der Waals surface area contributed by atoms with Crippen molar-refractivity contribution in [2.24, 2.45) is 11.8 Å². The molecule has 0 radical (unpaired) electrons. The summed E-state index contributed by atoms with van der Waals surface area (Å²) in [5.74, 6) is 0.463. The molecule has 0 spiro atoms. The lowest BCUT2D eigenvalue weighted by Crippen LogP contribution is -2.45. The van der Waals surface area contributed by atoms with Crippen LogP contribution in [-0.4, -0.2) is 42.9 Å². The Kier molecular flexibility index (Phi) is 4.41. The molecular formula is C12H20N2O4. The number of aliphatic carboxylic acids is 1. The van der Waals surface area contributed by atoms with E-state index in [1.807, 2.05) is 0 Å². The summed E-state index contributed by atoms with van der Waals surface area (Å²) in [6, 6.07) is 0.148. The number of urea groups is 1. The molecule has 18 heavy (non-hydrogen) atoms. The van der Waals surface area contributed by atoms with E-state index in [1.165, 1.54) is 19.3 Å². The molecule has 0 aromatic rings. The highest BCUT2D eigenvalue weighted by atomic mass is 16.5. The third-order valence-corrected chi connectivity index (χ3v) is 3.81. The highest BCUT2D eigenvalue weighted by molar-refractivity contribution is 5.74. The SMILES string of the molecule is O=C(O)COCCNC(=O)NC1CC2CCC1C2. The number of rotatable bonds is 6. The van der Waals surface area contributed by atoms with E-state index in [2.05, 4.69) is 10.6 Å². The van der Waals surface area contributed by atoms with Gasteiger partial charge >= 0.3 is 12.0 Å². The zero-order valence-electron chi connectivity index (χ0n) is 10.4. The van der Waals surface area contributed by atoms with E-state index in [1.54, 1.807) is 0 Å². The molecule has 0 aromatic carbocycles. The molecule has 0 heterocycles. The largest absolute Gasteiger partial charge is 0.480 e. The van der Waals surface area contributed by atoms with Crippen molar-refractivity contribution in [1.29, 1.82) is 0 Å². The first-order valence-corrected chi connectivity index (χ1v) is 6.49. The van der Waals surface area contributed by atoms with Crippen molar-refractivity contribution in [3.63, 3.8) is 0 Å². The van der Waals surface area contributed by atoms with E-state index in [0.29, 0.717) is 18.5 Å². The van der Waals surface area contributed by atoms with E-state index in [0.717, 1.165) is 12.3 Å². The number of fused-ring (bicyclic) bond motifs is 2. The Labute approximate surface area is 106 Å². The van der Waals surface area contributed by atoms with Gasteiger partial charge in [0.05, 0.1) is 6.61 Å². The first kappa shape index (κ1) is 13.1. The third kappa shape index (κ3) is 3.60. The van der Waals surface area contributed by atoms with Crippen molar-refractivity contribution in [3.05, 3.63) is 0 Å². The average Bonchev–Trinajstić information content (AvgIpc) is 2.90. The van der Waals surface area contributed by atoms with Gasteiger partial charge in [-0.1, -0.05) is 6.42 Å². The fourth-order valence-corrected chi connectivity index (χ4v) is 3.04. The van der Waals surface area contributed by atoms with Crippen molar-refractivity contribution in [3.8, 4) is 0 Å². The summed E-state index contributed by atoms with van der Waals surface area (Å²) >= 11 is 0. The maximum atomic E-state index is 11.6. The fourth-order valence-electron chi connectivity index (χ4n) is 3.04. The van der Waals surface area contributed by atoms with Crippen molar-refractivity contribution < 1.29 is 19.4 Å². The summed E-state index contributed by atoms with van der Waals surface area (Å²) in [6.45, 7) is 0.228. The summed E-state index contributed by atoms with van der Waals surface area (Å²) < 4.78 is 4.82. The minimum absolute atomic E-state index is 0.175. The Balaban J connectivity index is 1.54. The van der Waals surface area contributed by atoms with Crippen molar-refractivity contribution >= 4 is 12.0 Å². The van der Waals surface area contributed by atoms with Gasteiger partial charge in [0.25, 0.3) is 0 Å². The topological polar surface area (TPSA) is 87.7 Å². The molecule has 2 fully saturated rings. The fraction of sp³-hybridized carbons (Fsp3) is 0.833. The minimum Gasteiger partial charge on any atom is -0.480 e. The van der Waals surface area contributed by atoms with Crippen molar-refractivity contribution in [2.45, 2.75) is 31.7 Å². The van der Waals surface area contributed by atoms with Gasteiger partial charge < -0.3 is 20.5 Å². The molecule has 0 aliphatic heterocycles. The summed E-state index contributed by atoms with van der Waals surface area (Å²) in [7, 11) is 0. The Bertz CT molecular complexity index is 321. The van der Waals surface area contributed by atoms with Gasteiger partial charge in [-0.15, -0.1) is 0 Å². The van der Waals surface area contributed by atoms with Crippen LogP contribution in [0.15, 0.2) is 0 Å². The summed E-state index contributed by atoms with van der Waals surface area (Å²) in [5, 5.41) is 14.0. The average molecular weight is 256 g/mol. The molecule has 2 amide bonds. The Morgan fingerprint density at radius 3 is 2.72 bits per heavy atom. The van der Waals surface area contributed by atoms with E-state index < -0.39 is 5.97 Å². The molecule has 102 valence electrons. The molecule has 2 aliphatic carbocycles. The van der Waals surface area contributed by atoms with Crippen LogP contribution in [0.25, 0.3) is 0 Å². The zero-order chi connectivity index (χ0) is 13.0. The highest BCUT2D eigenvalue weighted by Crippen LogP contribution is 2.44. The van der Waals surface area contributed by atoms with Crippen LogP contribution in [0.3, 0.4) is 0 Å². The molecule has 6 heteroatoms. The van der Waals surface area contributed by atoms with Crippen LogP contribution in [-0.2, 0) is 9.53 Å². The summed E-state index contributed by atoms with van der Waals surface area (Å²) in [5.41, 5.74) is 0. The van der Waals surface area contributed by atoms with Gasteiger partial charge in [-0.2, -0.15) is 0 Å². The van der Waals surface area contributed by atoms with Crippen LogP contribution < -0.4 is 10.6 Å². The van der Waals surface area contributed by atoms with Crippen LogP contribution >= 0.6 is 0 Å². The van der Waals surface area contributed by atoms with Crippen molar-refractivity contribution in [2.75, 3.05) is 19.8 Å². The van der Waals surface area contributed by atoms with Gasteiger partial charge in [0.2, 0.25) is 0 Å². The molecule has 2 aliphatic rings. The third-order valence-electron chi connectivity index (χ3n) is 3.81. The molecule has 3 atom stereocenters.